The fourth-order valence-corrected chi connectivity index (χ4v) is 2.11. The fourth-order valence-electron chi connectivity index (χ4n) is 2.11. The van der Waals surface area contributed by atoms with E-state index in [2.05, 4.69) is 15.3 Å². The number of nitrogens with zero attached hydrogens (tertiary/aromatic N) is 2. The number of piperazine rings is 1. The van der Waals surface area contributed by atoms with Crippen LogP contribution in [0.3, 0.4) is 0 Å². The van der Waals surface area contributed by atoms with Crippen molar-refractivity contribution >= 4 is 5.91 Å². The standard InChI is InChI=1S/C11H16N4O2/c1-7-5-15(6-8(2)14-7)11(17)9-3-13-10(16)4-12-9/h3-4,7-8,14H,5-6H2,1-2H3,(H,13,16). The molecular formula is C11H16N4O2. The van der Waals surface area contributed by atoms with Gasteiger partial charge in [-0.15, -0.1) is 0 Å². The van der Waals surface area contributed by atoms with Gasteiger partial charge in [0.25, 0.3) is 11.5 Å². The second-order valence-corrected chi connectivity index (χ2v) is 4.48. The molecular weight excluding hydrogens is 220 g/mol. The predicted octanol–water partition coefficient (Wildman–Crippen LogP) is -0.408. The molecule has 1 aromatic rings. The average Bonchev–Trinajstić information content (AvgIpc) is 2.28. The lowest BCUT2D eigenvalue weighted by atomic mass is 10.1. The SMILES string of the molecule is CC1CN(C(=O)c2c[nH]c(=O)cn2)CC(C)N1. The Kier molecular flexibility index (Phi) is 3.23. The van der Waals surface area contributed by atoms with E-state index in [1.54, 1.807) is 4.90 Å². The number of rotatable bonds is 1. The van der Waals surface area contributed by atoms with E-state index in [4.69, 9.17) is 0 Å². The molecule has 0 radical (unpaired) electrons. The third kappa shape index (κ3) is 2.71. The Bertz CT molecular complexity index is 440. The molecule has 6 heteroatoms. The Hall–Kier alpha value is -1.69. The van der Waals surface area contributed by atoms with Crippen LogP contribution >= 0.6 is 0 Å². The second kappa shape index (κ2) is 4.67. The largest absolute Gasteiger partial charge is 0.334 e. The minimum atomic E-state index is -0.302. The molecule has 6 nitrogen and oxygen atoms in total. The highest BCUT2D eigenvalue weighted by molar-refractivity contribution is 5.92. The molecule has 0 saturated carbocycles. The third-order valence-electron chi connectivity index (χ3n) is 2.74. The van der Waals surface area contributed by atoms with Crippen LogP contribution in [-0.4, -0.2) is 45.9 Å². The van der Waals surface area contributed by atoms with Crippen LogP contribution in [0.2, 0.25) is 0 Å². The van der Waals surface area contributed by atoms with Gasteiger partial charge < -0.3 is 15.2 Å². The van der Waals surface area contributed by atoms with Crippen LogP contribution in [0.25, 0.3) is 0 Å². The maximum atomic E-state index is 12.1. The number of hydrogen-bond donors (Lipinski definition) is 2. The zero-order valence-corrected chi connectivity index (χ0v) is 9.93. The third-order valence-corrected chi connectivity index (χ3v) is 2.74. The molecule has 17 heavy (non-hydrogen) atoms. The number of carbonyl (C=O) groups excluding carboxylic acids is 1. The van der Waals surface area contributed by atoms with Gasteiger partial charge in [0, 0.05) is 31.4 Å². The topological polar surface area (TPSA) is 78.1 Å². The quantitative estimate of drug-likeness (QED) is 0.695. The van der Waals surface area contributed by atoms with Gasteiger partial charge in [0.15, 0.2) is 0 Å². The van der Waals surface area contributed by atoms with Gasteiger partial charge in [0.2, 0.25) is 0 Å². The number of amides is 1. The van der Waals surface area contributed by atoms with E-state index in [0.29, 0.717) is 13.1 Å². The summed E-state index contributed by atoms with van der Waals surface area (Å²) in [5.74, 6) is -0.138. The first-order chi connectivity index (χ1) is 8.06. The molecule has 0 aliphatic carbocycles. The molecule has 1 aromatic heterocycles. The van der Waals surface area contributed by atoms with E-state index in [-0.39, 0.29) is 29.2 Å². The Labute approximate surface area is 99.1 Å². The van der Waals surface area contributed by atoms with Gasteiger partial charge in [0.1, 0.15) is 5.69 Å². The van der Waals surface area contributed by atoms with Gasteiger partial charge in [0.05, 0.1) is 6.20 Å². The summed E-state index contributed by atoms with van der Waals surface area (Å²) in [6.45, 7) is 5.39. The lowest BCUT2D eigenvalue weighted by Gasteiger charge is -2.35. The van der Waals surface area contributed by atoms with E-state index in [1.807, 2.05) is 13.8 Å². The summed E-state index contributed by atoms with van der Waals surface area (Å²) in [6, 6.07) is 0.538. The van der Waals surface area contributed by atoms with Crippen LogP contribution in [0.4, 0.5) is 0 Å². The van der Waals surface area contributed by atoms with Crippen molar-refractivity contribution in [3.8, 4) is 0 Å². The zero-order valence-electron chi connectivity index (χ0n) is 9.93. The van der Waals surface area contributed by atoms with E-state index >= 15 is 0 Å². The molecule has 2 heterocycles. The predicted molar refractivity (Wildman–Crippen MR) is 62.8 cm³/mol. The Morgan fingerprint density at radius 1 is 1.41 bits per heavy atom. The smallest absolute Gasteiger partial charge is 0.274 e. The summed E-state index contributed by atoms with van der Waals surface area (Å²) >= 11 is 0. The summed E-state index contributed by atoms with van der Waals surface area (Å²) in [6.07, 6.45) is 2.49. The van der Waals surface area contributed by atoms with E-state index < -0.39 is 0 Å². The minimum absolute atomic E-state index is 0.138. The highest BCUT2D eigenvalue weighted by Crippen LogP contribution is 2.07. The van der Waals surface area contributed by atoms with Crippen molar-refractivity contribution in [1.82, 2.24) is 20.2 Å². The molecule has 1 aliphatic heterocycles. The van der Waals surface area contributed by atoms with Crippen LogP contribution in [0.5, 0.6) is 0 Å². The summed E-state index contributed by atoms with van der Waals surface area (Å²) in [5.41, 5.74) is -0.0190. The van der Waals surface area contributed by atoms with E-state index in [0.717, 1.165) is 6.20 Å². The highest BCUT2D eigenvalue weighted by atomic mass is 16.2. The number of nitrogens with one attached hydrogen (secondary N) is 2. The van der Waals surface area contributed by atoms with Gasteiger partial charge in [-0.1, -0.05) is 0 Å². The molecule has 1 amide bonds. The zero-order chi connectivity index (χ0) is 12.4. The molecule has 0 spiro atoms. The van der Waals surface area contributed by atoms with E-state index in [9.17, 15) is 9.59 Å². The first kappa shape index (κ1) is 11.8. The van der Waals surface area contributed by atoms with Crippen LogP contribution in [0, 0.1) is 0 Å². The van der Waals surface area contributed by atoms with Crippen molar-refractivity contribution in [2.24, 2.45) is 0 Å². The van der Waals surface area contributed by atoms with Gasteiger partial charge in [-0.3, -0.25) is 9.59 Å². The van der Waals surface area contributed by atoms with E-state index in [1.165, 1.54) is 6.20 Å². The van der Waals surface area contributed by atoms with Crippen molar-refractivity contribution in [1.29, 1.82) is 0 Å². The molecule has 2 rings (SSSR count). The number of aromatic nitrogens is 2. The Balaban J connectivity index is 2.14. The first-order valence-electron chi connectivity index (χ1n) is 5.66. The number of aromatic amines is 1. The Morgan fingerprint density at radius 2 is 2.06 bits per heavy atom. The average molecular weight is 236 g/mol. The van der Waals surface area contributed by atoms with Gasteiger partial charge in [-0.05, 0) is 13.8 Å². The molecule has 1 aliphatic rings. The highest BCUT2D eigenvalue weighted by Gasteiger charge is 2.26. The summed E-state index contributed by atoms with van der Waals surface area (Å²) < 4.78 is 0. The number of hydrogen-bond acceptors (Lipinski definition) is 4. The molecule has 0 bridgehead atoms. The van der Waals surface area contributed by atoms with Crippen LogP contribution in [0.1, 0.15) is 24.3 Å². The molecule has 92 valence electrons. The maximum Gasteiger partial charge on any atom is 0.274 e. The van der Waals surface area contributed by atoms with Crippen molar-refractivity contribution in [2.45, 2.75) is 25.9 Å². The molecule has 1 fully saturated rings. The molecule has 1 saturated heterocycles. The first-order valence-corrected chi connectivity index (χ1v) is 5.66. The monoisotopic (exact) mass is 236 g/mol. The van der Waals surface area contributed by atoms with Gasteiger partial charge >= 0.3 is 0 Å². The van der Waals surface area contributed by atoms with Crippen molar-refractivity contribution in [3.05, 3.63) is 28.4 Å². The van der Waals surface area contributed by atoms with Crippen molar-refractivity contribution in [2.75, 3.05) is 13.1 Å². The number of H-pyrrole nitrogens is 1. The van der Waals surface area contributed by atoms with Crippen LogP contribution in [0.15, 0.2) is 17.2 Å². The molecule has 0 aromatic carbocycles. The fraction of sp³-hybridized carbons (Fsp3) is 0.545. The van der Waals surface area contributed by atoms with Crippen LogP contribution < -0.4 is 10.9 Å². The minimum Gasteiger partial charge on any atom is -0.334 e. The molecule has 2 unspecified atom stereocenters. The van der Waals surface area contributed by atoms with Gasteiger partial charge in [-0.25, -0.2) is 4.98 Å². The normalized spacial score (nSPS) is 24.7. The molecule has 2 atom stereocenters. The second-order valence-electron chi connectivity index (χ2n) is 4.48. The van der Waals surface area contributed by atoms with Gasteiger partial charge in [-0.2, -0.15) is 0 Å². The lowest BCUT2D eigenvalue weighted by molar-refractivity contribution is 0.0667. The summed E-state index contributed by atoms with van der Waals surface area (Å²) in [4.78, 5) is 31.1. The lowest BCUT2D eigenvalue weighted by Crippen LogP contribution is -2.56. The summed E-state index contributed by atoms with van der Waals surface area (Å²) in [7, 11) is 0. The van der Waals surface area contributed by atoms with Crippen molar-refractivity contribution < 1.29 is 4.79 Å². The van der Waals surface area contributed by atoms with Crippen molar-refractivity contribution in [3.63, 3.8) is 0 Å². The number of carbonyl (C=O) groups is 1. The maximum absolute atomic E-state index is 12.1. The summed E-state index contributed by atoms with van der Waals surface area (Å²) in [5, 5.41) is 3.35. The molecule has 2 N–H and O–H groups in total. The Morgan fingerprint density at radius 3 is 2.59 bits per heavy atom. The van der Waals surface area contributed by atoms with Crippen LogP contribution in [-0.2, 0) is 0 Å².